The number of rotatable bonds is 7. The average molecular weight is 389 g/mol. The average Bonchev–Trinajstić information content (AvgIpc) is 3.15. The van der Waals surface area contributed by atoms with Gasteiger partial charge in [-0.15, -0.1) is 0 Å². The van der Waals surface area contributed by atoms with Crippen molar-refractivity contribution >= 4 is 27.7 Å². The van der Waals surface area contributed by atoms with E-state index in [1.54, 1.807) is 13.2 Å². The van der Waals surface area contributed by atoms with Crippen LogP contribution >= 0.6 is 0 Å². The number of aromatic amines is 2. The van der Waals surface area contributed by atoms with Crippen molar-refractivity contribution in [3.8, 4) is 5.75 Å². The summed E-state index contributed by atoms with van der Waals surface area (Å²) >= 11 is 0. The van der Waals surface area contributed by atoms with Crippen LogP contribution in [0.3, 0.4) is 0 Å². The summed E-state index contributed by atoms with van der Waals surface area (Å²) in [4.78, 5) is 30.6. The Morgan fingerprint density at radius 3 is 2.76 bits per heavy atom. The lowest BCUT2D eigenvalue weighted by atomic mass is 10.1. The Morgan fingerprint density at radius 1 is 1.03 bits per heavy atom. The monoisotopic (exact) mass is 389 g/mol. The molecule has 148 valence electrons. The molecule has 0 saturated carbocycles. The number of benzene rings is 2. The lowest BCUT2D eigenvalue weighted by Gasteiger charge is -2.07. The molecule has 2 aromatic carbocycles. The zero-order chi connectivity index (χ0) is 20.2. The van der Waals surface area contributed by atoms with Crippen LogP contribution in [0.5, 0.6) is 5.75 Å². The van der Waals surface area contributed by atoms with E-state index in [-0.39, 0.29) is 17.9 Å². The van der Waals surface area contributed by atoms with Crippen molar-refractivity contribution < 1.29 is 9.53 Å². The predicted octanol–water partition coefficient (Wildman–Crippen LogP) is 3.31. The molecule has 6 nitrogen and oxygen atoms in total. The van der Waals surface area contributed by atoms with Crippen molar-refractivity contribution in [2.45, 2.75) is 19.3 Å². The van der Waals surface area contributed by atoms with Crippen LogP contribution in [0.15, 0.2) is 59.5 Å². The van der Waals surface area contributed by atoms with Gasteiger partial charge in [0.15, 0.2) is 0 Å². The lowest BCUT2D eigenvalue weighted by molar-refractivity contribution is -0.121. The van der Waals surface area contributed by atoms with E-state index < -0.39 is 0 Å². The number of hydrogen-bond acceptors (Lipinski definition) is 3. The summed E-state index contributed by atoms with van der Waals surface area (Å²) in [6.07, 6.45) is 3.42. The maximum absolute atomic E-state index is 12.3. The van der Waals surface area contributed by atoms with Crippen LogP contribution in [-0.4, -0.2) is 29.5 Å². The van der Waals surface area contributed by atoms with Gasteiger partial charge in [0.05, 0.1) is 12.6 Å². The van der Waals surface area contributed by atoms with E-state index >= 15 is 0 Å². The highest BCUT2D eigenvalue weighted by Crippen LogP contribution is 2.19. The summed E-state index contributed by atoms with van der Waals surface area (Å²) in [6, 6.07) is 15.5. The highest BCUT2D eigenvalue weighted by atomic mass is 16.5. The number of H-pyrrole nitrogens is 2. The van der Waals surface area contributed by atoms with Crippen molar-refractivity contribution in [3.05, 3.63) is 76.2 Å². The maximum atomic E-state index is 12.3. The van der Waals surface area contributed by atoms with Gasteiger partial charge in [0.1, 0.15) is 5.75 Å². The first kappa shape index (κ1) is 18.8. The van der Waals surface area contributed by atoms with E-state index in [2.05, 4.69) is 21.4 Å². The SMILES string of the molecule is COc1ccc2cc(CCC(=O)NCCc3c[nH]c4ccccc34)c(=O)[nH]c2c1. The van der Waals surface area contributed by atoms with Gasteiger partial charge in [-0.05, 0) is 48.1 Å². The molecule has 0 unspecified atom stereocenters. The Morgan fingerprint density at radius 2 is 1.90 bits per heavy atom. The van der Waals surface area contributed by atoms with Crippen LogP contribution < -0.4 is 15.6 Å². The third-order valence-corrected chi connectivity index (χ3v) is 5.14. The van der Waals surface area contributed by atoms with Gasteiger partial charge >= 0.3 is 0 Å². The fourth-order valence-electron chi connectivity index (χ4n) is 3.55. The molecule has 4 rings (SSSR count). The number of pyridine rings is 1. The van der Waals surface area contributed by atoms with Crippen LogP contribution in [0.2, 0.25) is 0 Å². The van der Waals surface area contributed by atoms with E-state index in [4.69, 9.17) is 4.74 Å². The van der Waals surface area contributed by atoms with Crippen molar-refractivity contribution in [3.63, 3.8) is 0 Å². The molecule has 1 amide bonds. The van der Waals surface area contributed by atoms with Crippen LogP contribution in [0.25, 0.3) is 21.8 Å². The number of aromatic nitrogens is 2. The largest absolute Gasteiger partial charge is 0.497 e. The summed E-state index contributed by atoms with van der Waals surface area (Å²) in [5, 5.41) is 5.04. The second kappa shape index (κ2) is 8.22. The molecule has 29 heavy (non-hydrogen) atoms. The van der Waals surface area contributed by atoms with Crippen LogP contribution in [0.1, 0.15) is 17.5 Å². The molecule has 2 heterocycles. The predicted molar refractivity (Wildman–Crippen MR) is 114 cm³/mol. The first-order valence-electron chi connectivity index (χ1n) is 9.65. The number of ether oxygens (including phenoxy) is 1. The topological polar surface area (TPSA) is 87.0 Å². The first-order valence-corrected chi connectivity index (χ1v) is 9.65. The van der Waals surface area contributed by atoms with Gasteiger partial charge in [-0.2, -0.15) is 0 Å². The van der Waals surface area contributed by atoms with Gasteiger partial charge in [-0.3, -0.25) is 9.59 Å². The Hall–Kier alpha value is -3.54. The van der Waals surface area contributed by atoms with Gasteiger partial charge in [-0.1, -0.05) is 18.2 Å². The van der Waals surface area contributed by atoms with Crippen LogP contribution in [0.4, 0.5) is 0 Å². The van der Waals surface area contributed by atoms with E-state index in [1.807, 2.05) is 42.6 Å². The molecule has 4 aromatic rings. The molecule has 0 radical (unpaired) electrons. The zero-order valence-electron chi connectivity index (χ0n) is 16.2. The highest BCUT2D eigenvalue weighted by molar-refractivity contribution is 5.83. The number of carbonyl (C=O) groups excluding carboxylic acids is 1. The molecule has 0 bridgehead atoms. The number of fused-ring (bicyclic) bond motifs is 2. The molecule has 0 aliphatic rings. The third kappa shape index (κ3) is 4.16. The van der Waals surface area contributed by atoms with Gasteiger partial charge < -0.3 is 20.0 Å². The Labute approximate surface area is 167 Å². The second-order valence-corrected chi connectivity index (χ2v) is 7.04. The molecule has 0 aliphatic carbocycles. The minimum Gasteiger partial charge on any atom is -0.497 e. The van der Waals surface area contributed by atoms with Gasteiger partial charge in [0.25, 0.3) is 5.56 Å². The Bertz CT molecular complexity index is 1220. The Balaban J connectivity index is 1.33. The van der Waals surface area contributed by atoms with Crippen molar-refractivity contribution in [2.24, 2.45) is 0 Å². The van der Waals surface area contributed by atoms with Gasteiger partial charge in [0, 0.05) is 41.7 Å². The van der Waals surface area contributed by atoms with E-state index in [9.17, 15) is 9.59 Å². The minimum atomic E-state index is -0.169. The van der Waals surface area contributed by atoms with Gasteiger partial charge in [0.2, 0.25) is 5.91 Å². The number of para-hydroxylation sites is 1. The number of carbonyl (C=O) groups is 1. The lowest BCUT2D eigenvalue weighted by Crippen LogP contribution is -2.26. The maximum Gasteiger partial charge on any atom is 0.251 e. The molecule has 6 heteroatoms. The van der Waals surface area contributed by atoms with Gasteiger partial charge in [-0.25, -0.2) is 0 Å². The number of aryl methyl sites for hydroxylation is 1. The molecule has 0 atom stereocenters. The first-order chi connectivity index (χ1) is 14.1. The normalized spacial score (nSPS) is 11.1. The molecular formula is C23H23N3O3. The van der Waals surface area contributed by atoms with E-state index in [0.29, 0.717) is 24.3 Å². The van der Waals surface area contributed by atoms with Crippen LogP contribution in [-0.2, 0) is 17.6 Å². The van der Waals surface area contributed by atoms with E-state index in [0.717, 1.165) is 22.8 Å². The number of amides is 1. The second-order valence-electron chi connectivity index (χ2n) is 7.04. The molecule has 0 aliphatic heterocycles. The molecule has 0 saturated heterocycles. The summed E-state index contributed by atoms with van der Waals surface area (Å²) in [5.74, 6) is 0.634. The zero-order valence-corrected chi connectivity index (χ0v) is 16.2. The van der Waals surface area contributed by atoms with E-state index in [1.165, 1.54) is 10.9 Å². The smallest absolute Gasteiger partial charge is 0.251 e. The summed E-state index contributed by atoms with van der Waals surface area (Å²) in [6.45, 7) is 0.564. The number of hydrogen-bond donors (Lipinski definition) is 3. The molecule has 0 spiro atoms. The van der Waals surface area contributed by atoms with Crippen molar-refractivity contribution in [1.29, 1.82) is 0 Å². The molecule has 2 aromatic heterocycles. The van der Waals surface area contributed by atoms with Crippen molar-refractivity contribution in [2.75, 3.05) is 13.7 Å². The van der Waals surface area contributed by atoms with Crippen molar-refractivity contribution in [1.82, 2.24) is 15.3 Å². The standard InChI is InChI=1S/C23H23N3O3/c1-29-18-8-6-15-12-16(23(28)26-21(15)13-18)7-9-22(27)24-11-10-17-14-25-20-5-3-2-4-19(17)20/h2-6,8,12-14,25H,7,9-11H2,1H3,(H,24,27)(H,26,28). The Kier molecular flexibility index (Phi) is 5.33. The van der Waals surface area contributed by atoms with Crippen LogP contribution in [0, 0.1) is 0 Å². The number of methoxy groups -OCH3 is 1. The summed E-state index contributed by atoms with van der Waals surface area (Å²) < 4.78 is 5.18. The highest BCUT2D eigenvalue weighted by Gasteiger charge is 2.08. The summed E-state index contributed by atoms with van der Waals surface area (Å²) in [7, 11) is 1.59. The fourth-order valence-corrected chi connectivity index (χ4v) is 3.55. The third-order valence-electron chi connectivity index (χ3n) is 5.14. The molecule has 0 fully saturated rings. The number of nitrogens with one attached hydrogen (secondary N) is 3. The molecular weight excluding hydrogens is 366 g/mol. The molecule has 3 N–H and O–H groups in total. The quantitative estimate of drug-likeness (QED) is 0.453. The minimum absolute atomic E-state index is 0.0564. The summed E-state index contributed by atoms with van der Waals surface area (Å²) in [5.41, 5.74) is 3.44. The fraction of sp³-hybridized carbons (Fsp3) is 0.217.